The molecule has 0 bridgehead atoms. The molecule has 0 spiro atoms. The van der Waals surface area contributed by atoms with E-state index in [1.807, 2.05) is 0 Å². The minimum Gasteiger partial charge on any atom is -0.477 e. The Hall–Kier alpha value is -1.96. The Morgan fingerprint density at radius 1 is 1.32 bits per heavy atom. The van der Waals surface area contributed by atoms with Crippen LogP contribution in [0.1, 0.15) is 27.4 Å². The lowest BCUT2D eigenvalue weighted by Crippen LogP contribution is -2.36. The topological polar surface area (TPSA) is 113 Å². The van der Waals surface area contributed by atoms with Gasteiger partial charge in [-0.2, -0.15) is 0 Å². The van der Waals surface area contributed by atoms with Crippen LogP contribution >= 0.6 is 0 Å². The lowest BCUT2D eigenvalue weighted by atomic mass is 10.2. The highest BCUT2D eigenvalue weighted by Gasteiger charge is 2.29. The molecular weight excluding hydrogens is 272 g/mol. The Morgan fingerprint density at radius 3 is 2.58 bits per heavy atom. The first-order valence-corrected chi connectivity index (χ1v) is 7.41. The zero-order valence-electron chi connectivity index (χ0n) is 9.87. The molecule has 0 saturated carbocycles. The number of nitrogens with one attached hydrogen (secondary N) is 1. The number of nitrogens with zero attached hydrogens (tertiary/aromatic N) is 1. The van der Waals surface area contributed by atoms with Gasteiger partial charge in [-0.1, -0.05) is 6.07 Å². The van der Waals surface area contributed by atoms with Gasteiger partial charge in [-0.25, -0.2) is 18.2 Å². The largest absolute Gasteiger partial charge is 0.477 e. The number of carboxylic acid groups (broad SMARTS) is 1. The van der Waals surface area contributed by atoms with Gasteiger partial charge in [0.2, 0.25) is 0 Å². The van der Waals surface area contributed by atoms with Crippen LogP contribution in [0, 0.1) is 0 Å². The molecule has 1 saturated heterocycles. The smallest absolute Gasteiger partial charge is 0.354 e. The van der Waals surface area contributed by atoms with E-state index >= 15 is 0 Å². The molecular formula is C11H12N2O5S. The fraction of sp³-hybridized carbons (Fsp3) is 0.364. The standard InChI is InChI=1S/C11H12N2O5S/c14-10(12-7-4-5-19(17,18)6-7)8-2-1-3-9(13-8)11(15)16/h1-3,7H,4-6H2,(H,12,14)(H,15,16). The molecule has 1 aliphatic heterocycles. The number of sulfone groups is 1. The van der Waals surface area contributed by atoms with Crippen LogP contribution in [-0.2, 0) is 9.84 Å². The van der Waals surface area contributed by atoms with Crippen molar-refractivity contribution in [3.63, 3.8) is 0 Å². The molecule has 0 aliphatic carbocycles. The predicted octanol–water partition coefficient (Wildman–Crippen LogP) is -0.303. The van der Waals surface area contributed by atoms with Gasteiger partial charge in [0.25, 0.3) is 5.91 Å². The number of carboxylic acids is 1. The zero-order chi connectivity index (χ0) is 14.0. The second-order valence-corrected chi connectivity index (χ2v) is 6.52. The fourth-order valence-corrected chi connectivity index (χ4v) is 3.52. The summed E-state index contributed by atoms with van der Waals surface area (Å²) in [4.78, 5) is 26.2. The third-order valence-electron chi connectivity index (χ3n) is 2.77. The highest BCUT2D eigenvalue weighted by molar-refractivity contribution is 7.91. The Morgan fingerprint density at radius 2 is 2.00 bits per heavy atom. The second-order valence-electron chi connectivity index (χ2n) is 4.29. The first-order valence-electron chi connectivity index (χ1n) is 5.59. The van der Waals surface area contributed by atoms with Crippen molar-refractivity contribution in [2.45, 2.75) is 12.5 Å². The van der Waals surface area contributed by atoms with Gasteiger partial charge in [-0.05, 0) is 18.6 Å². The number of carbonyl (C=O) groups excluding carboxylic acids is 1. The van der Waals surface area contributed by atoms with Crippen molar-refractivity contribution in [2.24, 2.45) is 0 Å². The number of rotatable bonds is 3. The van der Waals surface area contributed by atoms with Crippen molar-refractivity contribution in [3.05, 3.63) is 29.6 Å². The van der Waals surface area contributed by atoms with Crippen LogP contribution in [0.25, 0.3) is 0 Å². The van der Waals surface area contributed by atoms with E-state index in [2.05, 4.69) is 10.3 Å². The van der Waals surface area contributed by atoms with Crippen molar-refractivity contribution in [1.82, 2.24) is 10.3 Å². The average Bonchev–Trinajstić information content (AvgIpc) is 2.68. The number of aromatic nitrogens is 1. The molecule has 2 heterocycles. The summed E-state index contributed by atoms with van der Waals surface area (Å²) in [6.45, 7) is 0. The maximum Gasteiger partial charge on any atom is 0.354 e. The highest BCUT2D eigenvalue weighted by atomic mass is 32.2. The molecule has 1 aliphatic rings. The van der Waals surface area contributed by atoms with Gasteiger partial charge in [-0.3, -0.25) is 4.79 Å². The van der Waals surface area contributed by atoms with Crippen LogP contribution < -0.4 is 5.32 Å². The van der Waals surface area contributed by atoms with E-state index in [-0.39, 0.29) is 22.9 Å². The normalized spacial score (nSPS) is 20.9. The van der Waals surface area contributed by atoms with Crippen LogP contribution in [-0.4, -0.2) is 47.9 Å². The molecule has 1 amide bonds. The minimum atomic E-state index is -3.07. The molecule has 1 unspecified atom stereocenters. The highest BCUT2D eigenvalue weighted by Crippen LogP contribution is 2.12. The second kappa shape index (κ2) is 4.96. The van der Waals surface area contributed by atoms with Gasteiger partial charge in [0, 0.05) is 6.04 Å². The summed E-state index contributed by atoms with van der Waals surface area (Å²) in [5.41, 5.74) is -0.268. The molecule has 102 valence electrons. The SMILES string of the molecule is O=C(O)c1cccc(C(=O)NC2CCS(=O)(=O)C2)n1. The molecule has 0 radical (unpaired) electrons. The van der Waals surface area contributed by atoms with Gasteiger partial charge in [0.1, 0.15) is 11.4 Å². The van der Waals surface area contributed by atoms with E-state index in [1.54, 1.807) is 0 Å². The van der Waals surface area contributed by atoms with Crippen LogP contribution in [0.2, 0.25) is 0 Å². The predicted molar refractivity (Wildman–Crippen MR) is 65.7 cm³/mol. The quantitative estimate of drug-likeness (QED) is 0.787. The number of pyridine rings is 1. The summed E-state index contributed by atoms with van der Waals surface area (Å²) in [5, 5.41) is 11.3. The summed E-state index contributed by atoms with van der Waals surface area (Å²) in [7, 11) is -3.07. The average molecular weight is 284 g/mol. The van der Waals surface area contributed by atoms with Crippen LogP contribution in [0.15, 0.2) is 18.2 Å². The Labute approximate surface area is 109 Å². The van der Waals surface area contributed by atoms with Gasteiger partial charge >= 0.3 is 5.97 Å². The van der Waals surface area contributed by atoms with Crippen LogP contribution in [0.5, 0.6) is 0 Å². The van der Waals surface area contributed by atoms with Crippen molar-refractivity contribution < 1.29 is 23.1 Å². The summed E-state index contributed by atoms with van der Waals surface area (Å²) in [5.74, 6) is -1.82. The lowest BCUT2D eigenvalue weighted by Gasteiger charge is -2.10. The molecule has 19 heavy (non-hydrogen) atoms. The number of hydrogen-bond acceptors (Lipinski definition) is 5. The minimum absolute atomic E-state index is 0.0378. The molecule has 1 atom stereocenters. The molecule has 1 aromatic heterocycles. The first kappa shape index (κ1) is 13.5. The molecule has 8 heteroatoms. The van der Waals surface area contributed by atoms with Crippen molar-refractivity contribution in [3.8, 4) is 0 Å². The van der Waals surface area contributed by atoms with E-state index < -0.39 is 27.8 Å². The van der Waals surface area contributed by atoms with Crippen LogP contribution in [0.4, 0.5) is 0 Å². The maximum absolute atomic E-state index is 11.8. The summed E-state index contributed by atoms with van der Waals surface area (Å²) in [6, 6.07) is 3.63. The Balaban J connectivity index is 2.08. The Kier molecular flexibility index (Phi) is 3.52. The van der Waals surface area contributed by atoms with E-state index in [9.17, 15) is 18.0 Å². The molecule has 2 rings (SSSR count). The number of hydrogen-bond donors (Lipinski definition) is 2. The molecule has 7 nitrogen and oxygen atoms in total. The zero-order valence-corrected chi connectivity index (χ0v) is 10.7. The lowest BCUT2D eigenvalue weighted by molar-refractivity contribution is 0.0690. The van der Waals surface area contributed by atoms with E-state index in [1.165, 1.54) is 18.2 Å². The summed E-state index contributed by atoms with van der Waals surface area (Å²) in [6.07, 6.45) is 0.368. The van der Waals surface area contributed by atoms with Gasteiger partial charge in [0.15, 0.2) is 9.84 Å². The van der Waals surface area contributed by atoms with E-state index in [4.69, 9.17) is 5.11 Å². The maximum atomic E-state index is 11.8. The third kappa shape index (κ3) is 3.28. The number of carbonyl (C=O) groups is 2. The van der Waals surface area contributed by atoms with Crippen molar-refractivity contribution >= 4 is 21.7 Å². The van der Waals surface area contributed by atoms with Gasteiger partial charge in [0.05, 0.1) is 11.5 Å². The Bertz CT molecular complexity index is 626. The van der Waals surface area contributed by atoms with Crippen molar-refractivity contribution in [2.75, 3.05) is 11.5 Å². The van der Waals surface area contributed by atoms with Crippen molar-refractivity contribution in [1.29, 1.82) is 0 Å². The van der Waals surface area contributed by atoms with Crippen LogP contribution in [0.3, 0.4) is 0 Å². The van der Waals surface area contributed by atoms with E-state index in [0.717, 1.165) is 0 Å². The monoisotopic (exact) mass is 284 g/mol. The number of aromatic carboxylic acids is 1. The molecule has 1 aromatic rings. The third-order valence-corrected chi connectivity index (χ3v) is 4.54. The first-order chi connectivity index (χ1) is 8.87. The van der Waals surface area contributed by atoms with Gasteiger partial charge in [-0.15, -0.1) is 0 Å². The molecule has 2 N–H and O–H groups in total. The summed E-state index contributed by atoms with van der Waals surface area (Å²) < 4.78 is 22.5. The fourth-order valence-electron chi connectivity index (χ4n) is 1.85. The van der Waals surface area contributed by atoms with Gasteiger partial charge < -0.3 is 10.4 Å². The molecule has 1 fully saturated rings. The van der Waals surface area contributed by atoms with E-state index in [0.29, 0.717) is 6.42 Å². The number of amides is 1. The molecule has 0 aromatic carbocycles. The summed E-state index contributed by atoms with van der Waals surface area (Å²) >= 11 is 0.